The van der Waals surface area contributed by atoms with Crippen LogP contribution in [0.4, 0.5) is 0 Å². The van der Waals surface area contributed by atoms with Gasteiger partial charge in [0, 0.05) is 19.6 Å². The van der Waals surface area contributed by atoms with Crippen molar-refractivity contribution in [3.63, 3.8) is 0 Å². The Morgan fingerprint density at radius 1 is 1.46 bits per heavy atom. The summed E-state index contributed by atoms with van der Waals surface area (Å²) in [6.45, 7) is 13.1. The van der Waals surface area contributed by atoms with E-state index >= 15 is 0 Å². The summed E-state index contributed by atoms with van der Waals surface area (Å²) in [6.07, 6.45) is 1.34. The lowest BCUT2D eigenvalue weighted by atomic mass is 10.1. The molecule has 1 heterocycles. The molecule has 1 atom stereocenters. The van der Waals surface area contributed by atoms with Crippen molar-refractivity contribution in [3.8, 4) is 0 Å². The molecule has 0 saturated carbocycles. The number of nitrogens with one attached hydrogen (secondary N) is 1. The summed E-state index contributed by atoms with van der Waals surface area (Å²) in [5, 5.41) is 3.47. The van der Waals surface area contributed by atoms with Gasteiger partial charge in [-0.05, 0) is 31.3 Å². The minimum atomic E-state index is 0.815. The van der Waals surface area contributed by atoms with E-state index in [1.807, 2.05) is 0 Å². The van der Waals surface area contributed by atoms with Crippen molar-refractivity contribution in [2.75, 3.05) is 32.7 Å². The Bertz CT molecular complexity index is 134. The van der Waals surface area contributed by atoms with Crippen molar-refractivity contribution in [2.45, 2.75) is 27.2 Å². The van der Waals surface area contributed by atoms with Gasteiger partial charge in [-0.25, -0.2) is 0 Å². The van der Waals surface area contributed by atoms with E-state index in [2.05, 4.69) is 31.0 Å². The van der Waals surface area contributed by atoms with E-state index in [0.29, 0.717) is 0 Å². The van der Waals surface area contributed by atoms with E-state index in [-0.39, 0.29) is 0 Å². The summed E-state index contributed by atoms with van der Waals surface area (Å²) in [4.78, 5) is 2.60. The van der Waals surface area contributed by atoms with Gasteiger partial charge in [0.1, 0.15) is 0 Å². The van der Waals surface area contributed by atoms with Crippen LogP contribution in [0.5, 0.6) is 0 Å². The zero-order valence-corrected chi connectivity index (χ0v) is 9.34. The lowest BCUT2D eigenvalue weighted by Gasteiger charge is -2.22. The predicted octanol–water partition coefficient (Wildman–Crippen LogP) is 1.57. The maximum absolute atomic E-state index is 3.47. The molecule has 13 heavy (non-hydrogen) atoms. The minimum Gasteiger partial charge on any atom is -0.315 e. The highest BCUT2D eigenvalue weighted by Crippen LogP contribution is 2.06. The van der Waals surface area contributed by atoms with E-state index in [1.165, 1.54) is 39.1 Å². The van der Waals surface area contributed by atoms with Crippen LogP contribution in [0.2, 0.25) is 0 Å². The molecule has 0 spiro atoms. The quantitative estimate of drug-likeness (QED) is 0.716. The van der Waals surface area contributed by atoms with Gasteiger partial charge in [0.2, 0.25) is 0 Å². The van der Waals surface area contributed by atoms with Gasteiger partial charge in [-0.1, -0.05) is 20.8 Å². The Labute approximate surface area is 82.7 Å². The summed E-state index contributed by atoms with van der Waals surface area (Å²) in [7, 11) is 0. The molecule has 78 valence electrons. The molecular formula is C11H24N2. The van der Waals surface area contributed by atoms with Gasteiger partial charge in [-0.15, -0.1) is 0 Å². The zero-order chi connectivity index (χ0) is 9.68. The van der Waals surface area contributed by atoms with Crippen LogP contribution in [0.25, 0.3) is 0 Å². The number of nitrogens with zero attached hydrogens (tertiary/aromatic N) is 1. The van der Waals surface area contributed by atoms with Gasteiger partial charge in [-0.3, -0.25) is 0 Å². The molecule has 1 aliphatic rings. The molecular weight excluding hydrogens is 160 g/mol. The monoisotopic (exact) mass is 184 g/mol. The molecule has 2 heteroatoms. The van der Waals surface area contributed by atoms with E-state index in [9.17, 15) is 0 Å². The second-order valence-electron chi connectivity index (χ2n) is 4.79. The van der Waals surface area contributed by atoms with Crippen LogP contribution in [0.1, 0.15) is 27.2 Å². The standard InChI is InChI=1S/C11H24N2/c1-10(2)4-6-13-7-5-12-8-11(3)9-13/h10-12H,4-9H2,1-3H3. The molecule has 2 nitrogen and oxygen atoms in total. The van der Waals surface area contributed by atoms with Crippen LogP contribution >= 0.6 is 0 Å². The van der Waals surface area contributed by atoms with Crippen LogP contribution < -0.4 is 5.32 Å². The first-order valence-electron chi connectivity index (χ1n) is 5.61. The highest BCUT2D eigenvalue weighted by molar-refractivity contribution is 4.70. The Morgan fingerprint density at radius 2 is 2.23 bits per heavy atom. The van der Waals surface area contributed by atoms with Crippen molar-refractivity contribution in [3.05, 3.63) is 0 Å². The second kappa shape index (κ2) is 5.61. The Balaban J connectivity index is 2.22. The lowest BCUT2D eigenvalue weighted by molar-refractivity contribution is 0.250. The van der Waals surface area contributed by atoms with Gasteiger partial charge >= 0.3 is 0 Å². The van der Waals surface area contributed by atoms with Crippen molar-refractivity contribution in [2.24, 2.45) is 11.8 Å². The molecule has 0 amide bonds. The first-order chi connectivity index (χ1) is 6.18. The SMILES string of the molecule is CC(C)CCN1CCNCC(C)C1. The third kappa shape index (κ3) is 4.63. The fourth-order valence-electron chi connectivity index (χ4n) is 1.83. The molecule has 0 aliphatic carbocycles. The van der Waals surface area contributed by atoms with E-state index in [0.717, 1.165) is 11.8 Å². The average Bonchev–Trinajstić information content (AvgIpc) is 2.26. The molecule has 1 aliphatic heterocycles. The third-order valence-electron chi connectivity index (χ3n) is 2.69. The number of hydrogen-bond acceptors (Lipinski definition) is 2. The molecule has 1 rings (SSSR count). The smallest absolute Gasteiger partial charge is 0.0107 e. The Hall–Kier alpha value is -0.0800. The molecule has 0 aromatic rings. The largest absolute Gasteiger partial charge is 0.315 e. The van der Waals surface area contributed by atoms with E-state index in [1.54, 1.807) is 0 Å². The van der Waals surface area contributed by atoms with Crippen LogP contribution in [-0.4, -0.2) is 37.6 Å². The lowest BCUT2D eigenvalue weighted by Crippen LogP contribution is -2.31. The minimum absolute atomic E-state index is 0.815. The second-order valence-corrected chi connectivity index (χ2v) is 4.79. The van der Waals surface area contributed by atoms with Crippen molar-refractivity contribution >= 4 is 0 Å². The first kappa shape index (κ1) is 11.0. The Morgan fingerprint density at radius 3 is 2.92 bits per heavy atom. The zero-order valence-electron chi connectivity index (χ0n) is 9.34. The first-order valence-corrected chi connectivity index (χ1v) is 5.61. The summed E-state index contributed by atoms with van der Waals surface area (Å²) < 4.78 is 0. The van der Waals surface area contributed by atoms with Crippen molar-refractivity contribution < 1.29 is 0 Å². The van der Waals surface area contributed by atoms with Gasteiger partial charge in [0.15, 0.2) is 0 Å². The third-order valence-corrected chi connectivity index (χ3v) is 2.69. The highest BCUT2D eigenvalue weighted by atomic mass is 15.2. The van der Waals surface area contributed by atoms with Crippen LogP contribution in [0.15, 0.2) is 0 Å². The summed E-state index contributed by atoms with van der Waals surface area (Å²) in [6, 6.07) is 0. The van der Waals surface area contributed by atoms with Crippen molar-refractivity contribution in [1.82, 2.24) is 10.2 Å². The summed E-state index contributed by atoms with van der Waals surface area (Å²) in [5.41, 5.74) is 0. The van der Waals surface area contributed by atoms with Gasteiger partial charge in [0.25, 0.3) is 0 Å². The van der Waals surface area contributed by atoms with Crippen LogP contribution in [0, 0.1) is 11.8 Å². The fraction of sp³-hybridized carbons (Fsp3) is 1.00. The maximum atomic E-state index is 3.47. The van der Waals surface area contributed by atoms with Crippen LogP contribution in [0.3, 0.4) is 0 Å². The van der Waals surface area contributed by atoms with Gasteiger partial charge < -0.3 is 10.2 Å². The molecule has 1 unspecified atom stereocenters. The summed E-state index contributed by atoms with van der Waals surface area (Å²) >= 11 is 0. The number of hydrogen-bond donors (Lipinski definition) is 1. The molecule has 0 aromatic heterocycles. The van der Waals surface area contributed by atoms with E-state index < -0.39 is 0 Å². The van der Waals surface area contributed by atoms with E-state index in [4.69, 9.17) is 0 Å². The molecule has 0 radical (unpaired) electrons. The molecule has 0 bridgehead atoms. The molecule has 1 saturated heterocycles. The van der Waals surface area contributed by atoms with Crippen LogP contribution in [-0.2, 0) is 0 Å². The summed E-state index contributed by atoms with van der Waals surface area (Å²) in [5.74, 6) is 1.65. The average molecular weight is 184 g/mol. The molecule has 0 aromatic carbocycles. The predicted molar refractivity (Wildman–Crippen MR) is 57.9 cm³/mol. The van der Waals surface area contributed by atoms with Crippen molar-refractivity contribution in [1.29, 1.82) is 0 Å². The molecule has 1 N–H and O–H groups in total. The topological polar surface area (TPSA) is 15.3 Å². The fourth-order valence-corrected chi connectivity index (χ4v) is 1.83. The Kier molecular flexibility index (Phi) is 4.74. The molecule has 1 fully saturated rings. The van der Waals surface area contributed by atoms with Gasteiger partial charge in [-0.2, -0.15) is 0 Å². The van der Waals surface area contributed by atoms with Gasteiger partial charge in [0.05, 0.1) is 0 Å². The highest BCUT2D eigenvalue weighted by Gasteiger charge is 2.13. The normalized spacial score (nSPS) is 26.3. The number of rotatable bonds is 3. The maximum Gasteiger partial charge on any atom is 0.0107 e.